The summed E-state index contributed by atoms with van der Waals surface area (Å²) in [6.07, 6.45) is 20.1. The first-order valence-electron chi connectivity index (χ1n) is 12.2. The number of rotatable bonds is 10. The Morgan fingerprint density at radius 1 is 1.21 bits per heavy atom. The number of nitrogens with zero attached hydrogens (tertiary/aromatic N) is 2. The number of hydrogen-bond donors (Lipinski definition) is 2. The van der Waals surface area contributed by atoms with Crippen LogP contribution in [-0.4, -0.2) is 43.3 Å². The number of nitrogens with one attached hydrogen (secondary N) is 2. The van der Waals surface area contributed by atoms with Gasteiger partial charge in [-0.25, -0.2) is 0 Å². The van der Waals surface area contributed by atoms with Gasteiger partial charge in [-0.05, 0) is 56.9 Å². The molecule has 4 nitrogen and oxygen atoms in total. The average molecular weight is 469 g/mol. The summed E-state index contributed by atoms with van der Waals surface area (Å²) in [5.41, 5.74) is 6.82. The molecule has 33 heavy (non-hydrogen) atoms. The minimum Gasteiger partial charge on any atom is -0.380 e. The maximum Gasteiger partial charge on any atom is 0.0788 e. The average Bonchev–Trinajstić information content (AvgIpc) is 2.84. The molecule has 2 rings (SSSR count). The molecule has 0 aromatic rings. The minimum atomic E-state index is 0.711. The zero-order chi connectivity index (χ0) is 24.1. The van der Waals surface area contributed by atoms with Crippen molar-refractivity contribution in [1.82, 2.24) is 15.5 Å². The van der Waals surface area contributed by atoms with Crippen LogP contribution in [0.4, 0.5) is 0 Å². The Morgan fingerprint density at radius 3 is 2.61 bits per heavy atom. The van der Waals surface area contributed by atoms with Crippen LogP contribution in [0.2, 0.25) is 0 Å². The van der Waals surface area contributed by atoms with Crippen LogP contribution in [0.25, 0.3) is 0 Å². The van der Waals surface area contributed by atoms with Crippen molar-refractivity contribution in [1.29, 1.82) is 0 Å². The summed E-state index contributed by atoms with van der Waals surface area (Å²) in [6.45, 7) is 15.1. The van der Waals surface area contributed by atoms with Gasteiger partial charge in [-0.2, -0.15) is 0 Å². The van der Waals surface area contributed by atoms with E-state index in [4.69, 9.17) is 11.6 Å². The van der Waals surface area contributed by atoms with Gasteiger partial charge in [0.15, 0.2) is 0 Å². The number of allylic oxidation sites excluding steroid dienone is 9. The van der Waals surface area contributed by atoms with Crippen LogP contribution in [0, 0.1) is 0 Å². The van der Waals surface area contributed by atoms with Gasteiger partial charge in [-0.3, -0.25) is 4.99 Å². The van der Waals surface area contributed by atoms with Crippen molar-refractivity contribution in [2.45, 2.75) is 53.9 Å². The first kappa shape index (κ1) is 26.9. The summed E-state index contributed by atoms with van der Waals surface area (Å²) in [6, 6.07) is 0. The molecule has 2 aliphatic rings. The van der Waals surface area contributed by atoms with Gasteiger partial charge >= 0.3 is 0 Å². The number of halogens is 1. The highest BCUT2D eigenvalue weighted by Gasteiger charge is 2.20. The van der Waals surface area contributed by atoms with Gasteiger partial charge in [0.2, 0.25) is 0 Å². The molecule has 1 fully saturated rings. The normalized spacial score (nSPS) is 21.2. The molecule has 0 spiro atoms. The van der Waals surface area contributed by atoms with Gasteiger partial charge in [0.25, 0.3) is 0 Å². The predicted molar refractivity (Wildman–Crippen MR) is 146 cm³/mol. The van der Waals surface area contributed by atoms with Crippen LogP contribution in [0.5, 0.6) is 0 Å². The molecule has 1 heterocycles. The van der Waals surface area contributed by atoms with Crippen LogP contribution < -0.4 is 10.6 Å². The molecule has 2 N–H and O–H groups in total. The molecule has 0 saturated carbocycles. The van der Waals surface area contributed by atoms with E-state index in [2.05, 4.69) is 84.7 Å². The second kappa shape index (κ2) is 14.8. The SMILES string of the molecule is C\C=C/N=C1\C=C(CNC(=C/C)/C(=C(Cl)\C=C(/C)CC)N2CCNCC2)C=C\C1=C/CCC. The van der Waals surface area contributed by atoms with E-state index >= 15 is 0 Å². The van der Waals surface area contributed by atoms with Crippen molar-refractivity contribution in [2.75, 3.05) is 32.7 Å². The van der Waals surface area contributed by atoms with E-state index in [1.807, 2.05) is 19.2 Å². The van der Waals surface area contributed by atoms with E-state index in [1.54, 1.807) is 0 Å². The fourth-order valence-electron chi connectivity index (χ4n) is 3.68. The van der Waals surface area contributed by atoms with Gasteiger partial charge < -0.3 is 15.5 Å². The Morgan fingerprint density at radius 2 is 1.97 bits per heavy atom. The van der Waals surface area contributed by atoms with Crippen LogP contribution in [0.15, 0.2) is 86.9 Å². The van der Waals surface area contributed by atoms with E-state index in [0.29, 0.717) is 6.54 Å². The Bertz CT molecular complexity index is 891. The van der Waals surface area contributed by atoms with Crippen molar-refractivity contribution >= 4 is 17.3 Å². The topological polar surface area (TPSA) is 39.7 Å². The van der Waals surface area contributed by atoms with Gasteiger partial charge in [-0.15, -0.1) is 0 Å². The van der Waals surface area contributed by atoms with Crippen LogP contribution in [-0.2, 0) is 0 Å². The Balaban J connectivity index is 2.28. The fourth-order valence-corrected chi connectivity index (χ4v) is 4.09. The third kappa shape index (κ3) is 8.53. The lowest BCUT2D eigenvalue weighted by molar-refractivity contribution is 0.300. The lowest BCUT2D eigenvalue weighted by Gasteiger charge is -2.33. The maximum atomic E-state index is 6.89. The lowest BCUT2D eigenvalue weighted by Crippen LogP contribution is -2.44. The molecule has 0 atom stereocenters. The number of piperazine rings is 1. The van der Waals surface area contributed by atoms with Gasteiger partial charge in [0.1, 0.15) is 0 Å². The Labute approximate surface area is 206 Å². The minimum absolute atomic E-state index is 0.711. The summed E-state index contributed by atoms with van der Waals surface area (Å²) < 4.78 is 0. The van der Waals surface area contributed by atoms with Crippen molar-refractivity contribution < 1.29 is 0 Å². The summed E-state index contributed by atoms with van der Waals surface area (Å²) in [5, 5.41) is 7.89. The monoisotopic (exact) mass is 468 g/mol. The van der Waals surface area contributed by atoms with E-state index in [0.717, 1.165) is 67.6 Å². The highest BCUT2D eigenvalue weighted by molar-refractivity contribution is 6.31. The molecule has 0 bridgehead atoms. The lowest BCUT2D eigenvalue weighted by atomic mass is 9.98. The molecule has 0 unspecified atom stereocenters. The van der Waals surface area contributed by atoms with Crippen LogP contribution >= 0.6 is 11.6 Å². The summed E-state index contributed by atoms with van der Waals surface area (Å²) in [5.74, 6) is 0. The number of unbranched alkanes of at least 4 members (excludes halogenated alkanes) is 1. The van der Waals surface area contributed by atoms with E-state index in [9.17, 15) is 0 Å². The first-order valence-corrected chi connectivity index (χ1v) is 12.6. The van der Waals surface area contributed by atoms with Crippen molar-refractivity contribution in [3.05, 3.63) is 81.9 Å². The summed E-state index contributed by atoms with van der Waals surface area (Å²) in [4.78, 5) is 7.04. The molecule has 0 aromatic carbocycles. The molecule has 0 amide bonds. The second-order valence-electron chi connectivity index (χ2n) is 8.33. The number of hydrogen-bond acceptors (Lipinski definition) is 4. The van der Waals surface area contributed by atoms with Crippen molar-refractivity contribution in [2.24, 2.45) is 4.99 Å². The standard InChI is InChI=1S/C28H41ClN4/c1-6-10-11-24-13-12-23(20-27(24)31-14-7-2)21-32-26(9-4)28(25(29)19-22(5)8-3)33-17-15-30-16-18-33/h7,9,11-14,19-20,30,32H,6,8,10,15-18,21H2,1-5H3/b14-7-,22-19+,24-11+,26-9+,28-25-,31-27+. The molecule has 0 aromatic heterocycles. The van der Waals surface area contributed by atoms with E-state index in [1.165, 1.54) is 16.7 Å². The third-order valence-corrected chi connectivity index (χ3v) is 6.02. The maximum absolute atomic E-state index is 6.89. The first-order chi connectivity index (χ1) is 16.0. The van der Waals surface area contributed by atoms with E-state index < -0.39 is 0 Å². The second-order valence-corrected chi connectivity index (χ2v) is 8.74. The molecule has 0 radical (unpaired) electrons. The highest BCUT2D eigenvalue weighted by atomic mass is 35.5. The fraction of sp³-hybridized carbons (Fsp3) is 0.464. The highest BCUT2D eigenvalue weighted by Crippen LogP contribution is 2.25. The largest absolute Gasteiger partial charge is 0.380 e. The Kier molecular flexibility index (Phi) is 12.1. The van der Waals surface area contributed by atoms with Gasteiger partial charge in [-0.1, -0.05) is 67.8 Å². The molecular weight excluding hydrogens is 428 g/mol. The van der Waals surface area contributed by atoms with Crippen molar-refractivity contribution in [3.8, 4) is 0 Å². The summed E-state index contributed by atoms with van der Waals surface area (Å²) in [7, 11) is 0. The molecule has 1 aliphatic carbocycles. The molecule has 5 heteroatoms. The molecular formula is C28H41ClN4. The summed E-state index contributed by atoms with van der Waals surface area (Å²) >= 11 is 6.89. The van der Waals surface area contributed by atoms with Gasteiger partial charge in [0, 0.05) is 38.9 Å². The van der Waals surface area contributed by atoms with Crippen LogP contribution in [0.1, 0.15) is 53.9 Å². The number of aliphatic imine (C=N–C) groups is 1. The smallest absolute Gasteiger partial charge is 0.0788 e. The zero-order valence-corrected chi connectivity index (χ0v) is 21.8. The molecule has 1 aliphatic heterocycles. The zero-order valence-electron chi connectivity index (χ0n) is 21.0. The molecule has 180 valence electrons. The molecule has 1 saturated heterocycles. The van der Waals surface area contributed by atoms with Crippen LogP contribution in [0.3, 0.4) is 0 Å². The quantitative estimate of drug-likeness (QED) is 0.365. The van der Waals surface area contributed by atoms with Crippen molar-refractivity contribution in [3.63, 3.8) is 0 Å². The predicted octanol–water partition coefficient (Wildman–Crippen LogP) is 6.39. The third-order valence-electron chi connectivity index (χ3n) is 5.73. The van der Waals surface area contributed by atoms with Gasteiger partial charge in [0.05, 0.1) is 22.1 Å². The van der Waals surface area contributed by atoms with E-state index in [-0.39, 0.29) is 0 Å². The Hall–Kier alpha value is -2.30.